The SMILES string of the molecule is COc1ccc(CC[C@H]2OC(=O)[C@@H]3CCCCN3C(=O)C(=O)C(C)(C)COC(=O)C=CCCN(C)C(=O)[C@H](CC(C)C)N(C)C(=O)[C@H]3CCCN3C(=O)[C@H](Cc3ccc(OCc4ccccc4)cc3)NC(=O)C(c3ccccc3)NC(=O)CCC(=O)Nc3cccc2c3)cc1OC. The number of hydrogen-bond acceptors (Lipinski definition) is 15. The minimum absolute atomic E-state index is 0.0299. The fraction of sp³-hybridized carbons (Fsp3) is 0.440. The minimum atomic E-state index is -1.52. The molecule has 3 N–H and O–H groups in total. The van der Waals surface area contributed by atoms with E-state index in [0.29, 0.717) is 71.9 Å². The Bertz CT molecular complexity index is 3620. The molecule has 6 atom stereocenters. The summed E-state index contributed by atoms with van der Waals surface area (Å²) in [4.78, 5) is 149. The molecule has 3 heterocycles. The molecule has 1 unspecified atom stereocenters. The molecule has 22 heteroatoms. The monoisotopic (exact) mass is 1330 g/mol. The molecule has 0 saturated carbocycles. The topological polar surface area (TPSA) is 266 Å². The zero-order chi connectivity index (χ0) is 69.8. The van der Waals surface area contributed by atoms with E-state index in [0.717, 1.165) is 11.1 Å². The van der Waals surface area contributed by atoms with Gasteiger partial charge in [0.1, 0.15) is 55.3 Å². The summed E-state index contributed by atoms with van der Waals surface area (Å²) in [5, 5.41) is 8.62. The number of piperidine rings is 1. The van der Waals surface area contributed by atoms with E-state index in [1.54, 1.807) is 99.0 Å². The van der Waals surface area contributed by atoms with Crippen LogP contribution in [0.2, 0.25) is 0 Å². The van der Waals surface area contributed by atoms with Crippen LogP contribution in [0.3, 0.4) is 0 Å². The van der Waals surface area contributed by atoms with Gasteiger partial charge >= 0.3 is 11.9 Å². The summed E-state index contributed by atoms with van der Waals surface area (Å²) < 4.78 is 29.0. The number of carbonyl (C=O) groups is 10. The number of ether oxygens (including phenoxy) is 5. The Morgan fingerprint density at radius 3 is 2.02 bits per heavy atom. The lowest BCUT2D eigenvalue weighted by atomic mass is 9.87. The van der Waals surface area contributed by atoms with Crippen molar-refractivity contribution in [1.82, 2.24) is 30.2 Å². The highest BCUT2D eigenvalue weighted by Gasteiger charge is 2.44. The third kappa shape index (κ3) is 20.1. The first-order valence-corrected chi connectivity index (χ1v) is 33.3. The van der Waals surface area contributed by atoms with Crippen molar-refractivity contribution >= 4 is 64.8 Å². The number of carbonyl (C=O) groups excluding carboxylic acids is 10. The zero-order valence-electron chi connectivity index (χ0n) is 56.8. The van der Waals surface area contributed by atoms with Gasteiger partial charge in [0.2, 0.25) is 41.2 Å². The molecule has 2 fully saturated rings. The number of aryl methyl sites for hydroxylation is 1. The van der Waals surface area contributed by atoms with Crippen molar-refractivity contribution in [3.05, 3.63) is 167 Å². The van der Waals surface area contributed by atoms with Gasteiger partial charge in [0.05, 0.1) is 19.6 Å². The normalized spacial score (nSPS) is 22.0. The molecule has 22 nitrogen and oxygen atoms in total. The molecule has 0 aliphatic carbocycles. The molecule has 516 valence electrons. The zero-order valence-corrected chi connectivity index (χ0v) is 56.8. The molecule has 2 bridgehead atoms. The van der Waals surface area contributed by atoms with E-state index in [-0.39, 0.29) is 82.8 Å². The van der Waals surface area contributed by atoms with E-state index in [9.17, 15) is 43.2 Å². The molecule has 5 aromatic carbocycles. The lowest BCUT2D eigenvalue weighted by molar-refractivity contribution is -0.165. The van der Waals surface area contributed by atoms with Gasteiger partial charge in [-0.1, -0.05) is 111 Å². The molecule has 2 saturated heterocycles. The number of amides is 7. The van der Waals surface area contributed by atoms with Crippen molar-refractivity contribution in [2.45, 2.75) is 148 Å². The standard InChI is InChI=1S/C75H91N7O15/c1-49(2)43-60-71(89)79(5)40-17-16-29-66(85)96-48-75(3,4)68(86)73(91)82-41-18-15-27-59(82)74(92)97-61(36-32-51-33-37-62(93-7)63(45-51)94-8)54-25-19-26-55(46-54)76-64(83)38-39-65(84)78-67(53-23-13-10-14-24-53)69(87)77-57(70(88)81-42-20-28-58(81)72(90)80(60)6)44-50-30-34-56(35-31-50)95-47-52-21-11-9-12-22-52/h9-14,16,19,21-26,29-31,33-35,37,45-46,49,57-61,67H,15,17-18,20,27-28,32,36,38-44,47-48H2,1-8H3,(H,76,83)(H,77,87)(H,78,84)/t57-,58+,59-,60-,61+,67?/m0/s1. The first-order valence-electron chi connectivity index (χ1n) is 33.3. The number of ketones is 1. The second-order valence-corrected chi connectivity index (χ2v) is 26.0. The molecule has 0 spiro atoms. The number of benzene rings is 5. The first-order chi connectivity index (χ1) is 46.5. The summed E-state index contributed by atoms with van der Waals surface area (Å²) in [5.74, 6) is -5.16. The average molecular weight is 1330 g/mol. The molecule has 5 aromatic rings. The van der Waals surface area contributed by atoms with Crippen molar-refractivity contribution in [2.24, 2.45) is 11.3 Å². The smallest absolute Gasteiger partial charge is 0.330 e. The quantitative estimate of drug-likeness (QED) is 0.0736. The average Bonchev–Trinajstić information content (AvgIpc) is 1.90. The number of rotatable bonds is 13. The number of Topliss-reactive ketones (excluding diaryl/α,β-unsaturated/α-hetero) is 1. The molecule has 0 aromatic heterocycles. The third-order valence-electron chi connectivity index (χ3n) is 17.7. The van der Waals surface area contributed by atoms with Crippen molar-refractivity contribution in [2.75, 3.05) is 59.9 Å². The van der Waals surface area contributed by atoms with Crippen molar-refractivity contribution in [3.8, 4) is 17.2 Å². The second kappa shape index (κ2) is 34.7. The Morgan fingerprint density at radius 1 is 0.639 bits per heavy atom. The number of likely N-dealkylation sites (N-methyl/N-ethyl adjacent to an activating group) is 2. The summed E-state index contributed by atoms with van der Waals surface area (Å²) >= 11 is 0. The fourth-order valence-corrected chi connectivity index (χ4v) is 12.2. The van der Waals surface area contributed by atoms with Crippen LogP contribution in [0.25, 0.3) is 0 Å². The molecule has 3 aliphatic rings. The molecule has 3 aliphatic heterocycles. The number of nitrogens with one attached hydrogen (secondary N) is 3. The Morgan fingerprint density at radius 2 is 1.31 bits per heavy atom. The van der Waals surface area contributed by atoms with Crippen LogP contribution in [0.1, 0.15) is 132 Å². The number of esters is 2. The van der Waals surface area contributed by atoms with Crippen molar-refractivity contribution in [1.29, 1.82) is 0 Å². The maximum Gasteiger partial charge on any atom is 0.330 e. The first kappa shape index (κ1) is 73.0. The summed E-state index contributed by atoms with van der Waals surface area (Å²) in [6, 6.07) is 31.6. The van der Waals surface area contributed by atoms with Crippen LogP contribution in [0.15, 0.2) is 140 Å². The van der Waals surface area contributed by atoms with Gasteiger partial charge in [0.15, 0.2) is 11.5 Å². The predicted octanol–water partition coefficient (Wildman–Crippen LogP) is 8.61. The summed E-state index contributed by atoms with van der Waals surface area (Å²) in [6.45, 7) is 7.06. The number of anilines is 1. The highest BCUT2D eigenvalue weighted by molar-refractivity contribution is 6.38. The molecule has 7 amide bonds. The van der Waals surface area contributed by atoms with Gasteiger partial charge in [-0.2, -0.15) is 0 Å². The van der Waals surface area contributed by atoms with Gasteiger partial charge in [0.25, 0.3) is 5.91 Å². The summed E-state index contributed by atoms with van der Waals surface area (Å²) in [5.41, 5.74) is 2.11. The van der Waals surface area contributed by atoms with Gasteiger partial charge in [-0.3, -0.25) is 38.4 Å². The Hall–Kier alpha value is -9.86. The van der Waals surface area contributed by atoms with Crippen LogP contribution in [0, 0.1) is 11.3 Å². The second-order valence-electron chi connectivity index (χ2n) is 26.0. The van der Waals surface area contributed by atoms with Crippen molar-refractivity contribution < 1.29 is 71.6 Å². The van der Waals surface area contributed by atoms with Crippen LogP contribution < -0.4 is 30.2 Å². The summed E-state index contributed by atoms with van der Waals surface area (Å²) in [6.07, 6.45) is 4.09. The predicted molar refractivity (Wildman–Crippen MR) is 362 cm³/mol. The Kier molecular flexibility index (Phi) is 26.1. The minimum Gasteiger partial charge on any atom is -0.493 e. The van der Waals surface area contributed by atoms with Crippen LogP contribution in [0.5, 0.6) is 17.2 Å². The Labute approximate surface area is 567 Å². The lowest BCUT2D eigenvalue weighted by Crippen LogP contribution is -2.58. The number of fused-ring (bicyclic) bond motifs is 4. The van der Waals surface area contributed by atoms with Crippen molar-refractivity contribution in [3.63, 3.8) is 0 Å². The largest absolute Gasteiger partial charge is 0.493 e. The molecular formula is C75H91N7O15. The number of hydrogen-bond donors (Lipinski definition) is 3. The van der Waals surface area contributed by atoms with E-state index in [2.05, 4.69) is 16.0 Å². The van der Waals surface area contributed by atoms with Gasteiger partial charge in [-0.15, -0.1) is 0 Å². The number of cyclic esters (lactones) is 2. The Balaban J connectivity index is 1.09. The van der Waals surface area contributed by atoms with Gasteiger partial charge in [-0.25, -0.2) is 9.59 Å². The van der Waals surface area contributed by atoms with Crippen LogP contribution in [-0.2, 0) is 76.9 Å². The van der Waals surface area contributed by atoms with Gasteiger partial charge in [-0.05, 0) is 142 Å². The van der Waals surface area contributed by atoms with E-state index >= 15 is 4.79 Å². The van der Waals surface area contributed by atoms with Gasteiger partial charge in [0, 0.05) is 64.8 Å². The summed E-state index contributed by atoms with van der Waals surface area (Å²) in [7, 11) is 6.18. The molecule has 8 rings (SSSR count). The molecule has 0 radical (unpaired) electrons. The van der Waals surface area contributed by atoms with Crippen LogP contribution >= 0.6 is 0 Å². The number of nitrogens with zero attached hydrogens (tertiary/aromatic N) is 4. The molecular weight excluding hydrogens is 1240 g/mol. The van der Waals surface area contributed by atoms with Crippen LogP contribution in [0.4, 0.5) is 5.69 Å². The number of methoxy groups -OCH3 is 2. The maximum absolute atomic E-state index is 15.3. The highest BCUT2D eigenvalue weighted by Crippen LogP contribution is 2.34. The van der Waals surface area contributed by atoms with E-state index < -0.39 is 101 Å². The lowest BCUT2D eigenvalue weighted by Gasteiger charge is -2.36. The fourth-order valence-electron chi connectivity index (χ4n) is 12.2. The third-order valence-corrected chi connectivity index (χ3v) is 17.7. The maximum atomic E-state index is 15.3. The van der Waals surface area contributed by atoms with E-state index in [4.69, 9.17) is 23.7 Å². The van der Waals surface area contributed by atoms with Gasteiger partial charge < -0.3 is 59.2 Å². The van der Waals surface area contributed by atoms with Crippen LogP contribution in [-0.4, -0.2) is 157 Å². The van der Waals surface area contributed by atoms with E-state index in [1.165, 1.54) is 59.8 Å². The van der Waals surface area contributed by atoms with E-state index in [1.807, 2.05) is 56.3 Å². The highest BCUT2D eigenvalue weighted by atomic mass is 16.5. The molecule has 97 heavy (non-hydrogen) atoms.